The SMILES string of the molecule is COc1cc2c(cc1OC)CN(C(=O)N1CCN(c3ccccn3)CC1)CC2. The van der Waals surface area contributed by atoms with Gasteiger partial charge in [0.25, 0.3) is 0 Å². The number of ether oxygens (including phenoxy) is 2. The van der Waals surface area contributed by atoms with E-state index in [-0.39, 0.29) is 6.03 Å². The summed E-state index contributed by atoms with van der Waals surface area (Å²) in [6.45, 7) is 4.36. The number of fused-ring (bicyclic) bond motifs is 1. The van der Waals surface area contributed by atoms with Crippen LogP contribution in [-0.4, -0.2) is 67.8 Å². The normalized spacial score (nSPS) is 16.6. The Kier molecular flexibility index (Phi) is 5.23. The molecule has 0 bridgehead atoms. The van der Waals surface area contributed by atoms with Crippen LogP contribution in [0.4, 0.5) is 10.6 Å². The number of anilines is 1. The number of carbonyl (C=O) groups is 1. The molecule has 1 aromatic carbocycles. The predicted molar refractivity (Wildman–Crippen MR) is 107 cm³/mol. The second-order valence-electron chi connectivity index (χ2n) is 7.09. The van der Waals surface area contributed by atoms with Crippen molar-refractivity contribution >= 4 is 11.8 Å². The zero-order chi connectivity index (χ0) is 19.5. The van der Waals surface area contributed by atoms with Gasteiger partial charge in [0.1, 0.15) is 5.82 Å². The largest absolute Gasteiger partial charge is 0.493 e. The maximum absolute atomic E-state index is 13.0. The Balaban J connectivity index is 1.40. The highest BCUT2D eigenvalue weighted by Crippen LogP contribution is 2.33. The fraction of sp³-hybridized carbons (Fsp3) is 0.429. The zero-order valence-corrected chi connectivity index (χ0v) is 16.4. The van der Waals surface area contributed by atoms with E-state index in [1.807, 2.05) is 40.1 Å². The fourth-order valence-electron chi connectivity index (χ4n) is 3.91. The van der Waals surface area contributed by atoms with Crippen molar-refractivity contribution < 1.29 is 14.3 Å². The molecule has 7 heteroatoms. The highest BCUT2D eigenvalue weighted by Gasteiger charge is 2.28. The van der Waals surface area contributed by atoms with Crippen LogP contribution < -0.4 is 14.4 Å². The van der Waals surface area contributed by atoms with Gasteiger partial charge in [-0.1, -0.05) is 6.07 Å². The maximum atomic E-state index is 13.0. The van der Waals surface area contributed by atoms with E-state index in [9.17, 15) is 4.79 Å². The van der Waals surface area contributed by atoms with E-state index in [4.69, 9.17) is 9.47 Å². The Hall–Kier alpha value is -2.96. The smallest absolute Gasteiger partial charge is 0.320 e. The summed E-state index contributed by atoms with van der Waals surface area (Å²) in [5, 5.41) is 0. The molecule has 28 heavy (non-hydrogen) atoms. The van der Waals surface area contributed by atoms with Gasteiger partial charge in [-0.05, 0) is 41.8 Å². The van der Waals surface area contributed by atoms with Gasteiger partial charge in [-0.2, -0.15) is 0 Å². The van der Waals surface area contributed by atoms with E-state index in [1.165, 1.54) is 5.56 Å². The second kappa shape index (κ2) is 7.96. The monoisotopic (exact) mass is 382 g/mol. The van der Waals surface area contributed by atoms with Crippen LogP contribution in [-0.2, 0) is 13.0 Å². The van der Waals surface area contributed by atoms with Crippen LogP contribution in [0, 0.1) is 0 Å². The van der Waals surface area contributed by atoms with Gasteiger partial charge in [0.05, 0.1) is 14.2 Å². The van der Waals surface area contributed by atoms with Crippen molar-refractivity contribution in [2.24, 2.45) is 0 Å². The summed E-state index contributed by atoms with van der Waals surface area (Å²) >= 11 is 0. The van der Waals surface area contributed by atoms with Crippen molar-refractivity contribution in [2.75, 3.05) is 51.8 Å². The minimum Gasteiger partial charge on any atom is -0.493 e. The Bertz CT molecular complexity index is 835. The summed E-state index contributed by atoms with van der Waals surface area (Å²) < 4.78 is 10.8. The van der Waals surface area contributed by atoms with Crippen LogP contribution in [0.1, 0.15) is 11.1 Å². The number of carbonyl (C=O) groups excluding carboxylic acids is 1. The van der Waals surface area contributed by atoms with Crippen molar-refractivity contribution in [3.8, 4) is 11.5 Å². The topological polar surface area (TPSA) is 58.1 Å². The number of aromatic nitrogens is 1. The summed E-state index contributed by atoms with van der Waals surface area (Å²) in [7, 11) is 3.28. The minimum atomic E-state index is 0.112. The lowest BCUT2D eigenvalue weighted by molar-refractivity contribution is 0.144. The lowest BCUT2D eigenvalue weighted by atomic mass is 9.99. The fourth-order valence-corrected chi connectivity index (χ4v) is 3.91. The van der Waals surface area contributed by atoms with Crippen molar-refractivity contribution in [1.82, 2.24) is 14.8 Å². The standard InChI is InChI=1S/C21H26N4O3/c1-27-18-13-16-6-8-25(15-17(16)14-19(18)28-2)21(26)24-11-9-23(10-12-24)20-5-3-4-7-22-20/h3-5,7,13-14H,6,8-12,15H2,1-2H3. The molecule has 0 atom stereocenters. The molecule has 0 radical (unpaired) electrons. The van der Waals surface area contributed by atoms with E-state index in [0.29, 0.717) is 25.4 Å². The number of benzene rings is 1. The molecule has 148 valence electrons. The molecule has 1 fully saturated rings. The van der Waals surface area contributed by atoms with Crippen LogP contribution in [0.2, 0.25) is 0 Å². The second-order valence-corrected chi connectivity index (χ2v) is 7.09. The maximum Gasteiger partial charge on any atom is 0.320 e. The lowest BCUT2D eigenvalue weighted by Crippen LogP contribution is -2.53. The first kappa shape index (κ1) is 18.4. The van der Waals surface area contributed by atoms with Crippen LogP contribution in [0.5, 0.6) is 11.5 Å². The molecule has 0 unspecified atom stereocenters. The summed E-state index contributed by atoms with van der Waals surface area (Å²) in [4.78, 5) is 23.6. The van der Waals surface area contributed by atoms with Gasteiger partial charge in [0, 0.05) is 45.5 Å². The molecule has 1 saturated heterocycles. The van der Waals surface area contributed by atoms with Gasteiger partial charge in [0.2, 0.25) is 0 Å². The van der Waals surface area contributed by atoms with Crippen molar-refractivity contribution in [3.63, 3.8) is 0 Å². The molecule has 0 aliphatic carbocycles. The Morgan fingerprint density at radius 1 is 0.929 bits per heavy atom. The Morgan fingerprint density at radius 3 is 2.29 bits per heavy atom. The molecule has 3 heterocycles. The number of methoxy groups -OCH3 is 2. The van der Waals surface area contributed by atoms with E-state index >= 15 is 0 Å². The molecular formula is C21H26N4O3. The summed E-state index contributed by atoms with van der Waals surface area (Å²) in [6.07, 6.45) is 2.64. The first-order valence-electron chi connectivity index (χ1n) is 9.63. The molecule has 0 spiro atoms. The van der Waals surface area contributed by atoms with E-state index < -0.39 is 0 Å². The predicted octanol–water partition coefficient (Wildman–Crippen LogP) is 2.40. The third-order valence-corrected chi connectivity index (χ3v) is 5.51. The number of amides is 2. The molecule has 4 rings (SSSR count). The average Bonchev–Trinajstić information content (AvgIpc) is 2.78. The Morgan fingerprint density at radius 2 is 1.64 bits per heavy atom. The number of piperazine rings is 1. The van der Waals surface area contributed by atoms with E-state index in [1.54, 1.807) is 20.4 Å². The number of nitrogens with zero attached hydrogens (tertiary/aromatic N) is 4. The van der Waals surface area contributed by atoms with Crippen molar-refractivity contribution in [2.45, 2.75) is 13.0 Å². The van der Waals surface area contributed by atoms with Gasteiger partial charge < -0.3 is 24.2 Å². The van der Waals surface area contributed by atoms with Crippen molar-refractivity contribution in [3.05, 3.63) is 47.7 Å². The number of hydrogen-bond donors (Lipinski definition) is 0. The molecule has 7 nitrogen and oxygen atoms in total. The van der Waals surface area contributed by atoms with Crippen LogP contribution in [0.15, 0.2) is 36.5 Å². The molecule has 2 aliphatic heterocycles. The number of rotatable bonds is 3. The number of pyridine rings is 1. The molecule has 0 saturated carbocycles. The van der Waals surface area contributed by atoms with Gasteiger partial charge in [-0.25, -0.2) is 9.78 Å². The molecule has 1 aromatic heterocycles. The highest BCUT2D eigenvalue weighted by atomic mass is 16.5. The minimum absolute atomic E-state index is 0.112. The molecule has 2 aromatic rings. The third kappa shape index (κ3) is 3.56. The first-order valence-corrected chi connectivity index (χ1v) is 9.63. The zero-order valence-electron chi connectivity index (χ0n) is 16.4. The lowest BCUT2D eigenvalue weighted by Gasteiger charge is -2.39. The van der Waals surface area contributed by atoms with Crippen LogP contribution in [0.25, 0.3) is 0 Å². The molecular weight excluding hydrogens is 356 g/mol. The molecule has 2 amide bonds. The van der Waals surface area contributed by atoms with Gasteiger partial charge >= 0.3 is 6.03 Å². The number of urea groups is 1. The average molecular weight is 382 g/mol. The number of hydrogen-bond acceptors (Lipinski definition) is 5. The summed E-state index contributed by atoms with van der Waals surface area (Å²) in [5.41, 5.74) is 2.35. The quantitative estimate of drug-likeness (QED) is 0.816. The van der Waals surface area contributed by atoms with Gasteiger partial charge in [-0.15, -0.1) is 0 Å². The summed E-state index contributed by atoms with van der Waals surface area (Å²) in [5.74, 6) is 2.42. The van der Waals surface area contributed by atoms with E-state index in [0.717, 1.165) is 43.2 Å². The highest BCUT2D eigenvalue weighted by molar-refractivity contribution is 5.75. The van der Waals surface area contributed by atoms with Gasteiger partial charge in [-0.3, -0.25) is 0 Å². The molecule has 0 N–H and O–H groups in total. The summed E-state index contributed by atoms with van der Waals surface area (Å²) in [6, 6.07) is 10.1. The third-order valence-electron chi connectivity index (χ3n) is 5.51. The molecule has 2 aliphatic rings. The van der Waals surface area contributed by atoms with Crippen molar-refractivity contribution in [1.29, 1.82) is 0 Å². The Labute approximate surface area is 165 Å². The van der Waals surface area contributed by atoms with E-state index in [2.05, 4.69) is 9.88 Å². The first-order chi connectivity index (χ1) is 13.7. The van der Waals surface area contributed by atoms with Crippen LogP contribution in [0.3, 0.4) is 0 Å². The van der Waals surface area contributed by atoms with Gasteiger partial charge in [0.15, 0.2) is 11.5 Å². The van der Waals surface area contributed by atoms with Crippen LogP contribution >= 0.6 is 0 Å².